The van der Waals surface area contributed by atoms with E-state index in [-0.39, 0.29) is 43.0 Å². The molecular weight excluding hydrogens is 603 g/mol. The molecule has 1 saturated carbocycles. The minimum Gasteiger partial charge on any atom is -0.396 e. The fraction of sp³-hybridized carbons (Fsp3) is 0.564. The van der Waals surface area contributed by atoms with Crippen molar-refractivity contribution in [1.82, 2.24) is 15.5 Å². The molecule has 0 aliphatic heterocycles. The Morgan fingerprint density at radius 2 is 2.06 bits per heavy atom. The van der Waals surface area contributed by atoms with Gasteiger partial charge < -0.3 is 10.4 Å². The highest BCUT2D eigenvalue weighted by atomic mass is 19.1. The van der Waals surface area contributed by atoms with E-state index in [2.05, 4.69) is 54.6 Å². The standard InChI is InChI=1S/C39H59FN6O2/c1-6-11-34(26-31-14-15-31)37(45-35(7-2)19-23-47)25-28(3)30(5)44-38(41)46(22-18-32-16-17-36(40)29(4)24-32)39(48)43-21-20-42-27-33-12-9-8-10-13-33/h8-12,17,20,24-25,27,30-32,35,38,44,47H,6-7,13-16,18-19,21-23,26,41H2,1-5H3,(H,43,48)/b28-25-,33-27-,34-11-,42-20?,45-37?. The molecule has 9 heteroatoms. The van der Waals surface area contributed by atoms with Crippen LogP contribution in [0.4, 0.5) is 9.18 Å². The Morgan fingerprint density at radius 1 is 1.27 bits per heavy atom. The Balaban J connectivity index is 1.74. The largest absolute Gasteiger partial charge is 0.396 e. The van der Waals surface area contributed by atoms with Crippen LogP contribution in [0.2, 0.25) is 0 Å². The van der Waals surface area contributed by atoms with Crippen LogP contribution >= 0.6 is 0 Å². The molecule has 3 aliphatic rings. The van der Waals surface area contributed by atoms with E-state index in [9.17, 15) is 14.3 Å². The number of amides is 2. The smallest absolute Gasteiger partial charge is 0.319 e. The Bertz CT molecular complexity index is 1330. The minimum atomic E-state index is -0.766. The third-order valence-electron chi connectivity index (χ3n) is 9.11. The first-order valence-electron chi connectivity index (χ1n) is 17.9. The SMILES string of the molecule is CC/C=C(/CC1CC1)C(/C=C(/C)C(C)NC(N)N(CCC1C=C(C)C(F)=CC1)C(=O)NCC=N/C=C1/C=CC=CC1)=NC(CC)CCO. The minimum absolute atomic E-state index is 0.0507. The topological polar surface area (TPSA) is 115 Å². The van der Waals surface area contributed by atoms with Gasteiger partial charge >= 0.3 is 6.03 Å². The summed E-state index contributed by atoms with van der Waals surface area (Å²) in [7, 11) is 0. The summed E-state index contributed by atoms with van der Waals surface area (Å²) in [6.07, 6.45) is 26.8. The number of nitrogens with two attached hydrogens (primary N) is 1. The molecule has 0 aromatic rings. The molecule has 3 rings (SSSR count). The second-order valence-electron chi connectivity index (χ2n) is 13.2. The number of carbonyl (C=O) groups excluding carboxylic acids is 1. The molecular formula is C39H59FN6O2. The quantitative estimate of drug-likeness (QED) is 0.0843. The van der Waals surface area contributed by atoms with Gasteiger partial charge in [-0.05, 0) is 119 Å². The summed E-state index contributed by atoms with van der Waals surface area (Å²) >= 11 is 0. The molecule has 5 N–H and O–H groups in total. The number of carbonyl (C=O) groups is 1. The van der Waals surface area contributed by atoms with Crippen molar-refractivity contribution in [3.8, 4) is 0 Å². The van der Waals surface area contributed by atoms with Crippen LogP contribution in [0.15, 0.2) is 92.9 Å². The van der Waals surface area contributed by atoms with Crippen molar-refractivity contribution in [2.24, 2.45) is 27.6 Å². The van der Waals surface area contributed by atoms with Gasteiger partial charge in [0.25, 0.3) is 0 Å². The highest BCUT2D eigenvalue weighted by Crippen LogP contribution is 2.36. The first-order valence-corrected chi connectivity index (χ1v) is 17.9. The lowest BCUT2D eigenvalue weighted by Gasteiger charge is -2.33. The number of allylic oxidation sites excluding steroid dienone is 12. The van der Waals surface area contributed by atoms with E-state index < -0.39 is 6.29 Å². The van der Waals surface area contributed by atoms with Crippen molar-refractivity contribution in [3.05, 3.63) is 82.9 Å². The molecule has 0 aromatic heterocycles. The first kappa shape index (κ1) is 39.0. The molecule has 3 aliphatic carbocycles. The molecule has 264 valence electrons. The summed E-state index contributed by atoms with van der Waals surface area (Å²) in [5.74, 6) is 0.660. The summed E-state index contributed by atoms with van der Waals surface area (Å²) in [6, 6.07) is -0.395. The Morgan fingerprint density at radius 3 is 2.71 bits per heavy atom. The van der Waals surface area contributed by atoms with Gasteiger partial charge in [-0.25, -0.2) is 9.18 Å². The van der Waals surface area contributed by atoms with Gasteiger partial charge in [0.15, 0.2) is 0 Å². The number of urea groups is 1. The highest BCUT2D eigenvalue weighted by Gasteiger charge is 2.26. The number of nitrogens with zero attached hydrogens (tertiary/aromatic N) is 3. The van der Waals surface area contributed by atoms with Crippen LogP contribution in [0, 0.1) is 11.8 Å². The monoisotopic (exact) mass is 662 g/mol. The second kappa shape index (κ2) is 20.9. The lowest BCUT2D eigenvalue weighted by molar-refractivity contribution is 0.156. The van der Waals surface area contributed by atoms with Crippen LogP contribution in [-0.4, -0.2) is 66.0 Å². The number of nitrogens with one attached hydrogen (secondary N) is 2. The van der Waals surface area contributed by atoms with E-state index in [4.69, 9.17) is 10.7 Å². The van der Waals surface area contributed by atoms with E-state index in [1.165, 1.54) is 18.4 Å². The van der Waals surface area contributed by atoms with Crippen molar-refractivity contribution in [2.45, 2.75) is 111 Å². The maximum Gasteiger partial charge on any atom is 0.319 e. The van der Waals surface area contributed by atoms with E-state index in [0.29, 0.717) is 37.3 Å². The zero-order valence-electron chi connectivity index (χ0n) is 29.8. The van der Waals surface area contributed by atoms with E-state index in [1.807, 2.05) is 31.2 Å². The van der Waals surface area contributed by atoms with Crippen LogP contribution in [0.5, 0.6) is 0 Å². The lowest BCUT2D eigenvalue weighted by atomic mass is 9.93. The van der Waals surface area contributed by atoms with Crippen LogP contribution < -0.4 is 16.4 Å². The third-order valence-corrected chi connectivity index (χ3v) is 9.11. The molecule has 2 amide bonds. The van der Waals surface area contributed by atoms with E-state index in [1.54, 1.807) is 30.3 Å². The molecule has 4 atom stereocenters. The Hall–Kier alpha value is -3.40. The maximum atomic E-state index is 14.0. The van der Waals surface area contributed by atoms with Crippen molar-refractivity contribution >= 4 is 18.0 Å². The number of hydrogen-bond acceptors (Lipinski definition) is 6. The van der Waals surface area contributed by atoms with Gasteiger partial charge in [-0.1, -0.05) is 55.9 Å². The van der Waals surface area contributed by atoms with Gasteiger partial charge in [-0.2, -0.15) is 0 Å². The summed E-state index contributed by atoms with van der Waals surface area (Å²) in [5, 5.41) is 16.0. The second-order valence-corrected chi connectivity index (χ2v) is 13.2. The van der Waals surface area contributed by atoms with Gasteiger partial charge in [0, 0.05) is 31.6 Å². The predicted octanol–water partition coefficient (Wildman–Crippen LogP) is 7.58. The molecule has 48 heavy (non-hydrogen) atoms. The van der Waals surface area contributed by atoms with Crippen LogP contribution in [0.1, 0.15) is 92.4 Å². The lowest BCUT2D eigenvalue weighted by Crippen LogP contribution is -2.59. The molecule has 1 fully saturated rings. The molecule has 0 bridgehead atoms. The number of hydrogen-bond donors (Lipinski definition) is 4. The molecule has 0 saturated heterocycles. The van der Waals surface area contributed by atoms with Crippen molar-refractivity contribution < 1.29 is 14.3 Å². The number of halogens is 1. The summed E-state index contributed by atoms with van der Waals surface area (Å²) in [4.78, 5) is 24.6. The number of aliphatic imine (C=N–C) groups is 2. The first-order chi connectivity index (χ1) is 23.1. The Kier molecular flexibility index (Phi) is 17.0. The normalized spacial score (nSPS) is 21.7. The van der Waals surface area contributed by atoms with Crippen molar-refractivity contribution in [1.29, 1.82) is 0 Å². The average molecular weight is 663 g/mol. The van der Waals surface area contributed by atoms with Gasteiger partial charge in [0.1, 0.15) is 12.1 Å². The molecule has 4 unspecified atom stereocenters. The summed E-state index contributed by atoms with van der Waals surface area (Å²) < 4.78 is 14.0. The predicted molar refractivity (Wildman–Crippen MR) is 199 cm³/mol. The summed E-state index contributed by atoms with van der Waals surface area (Å²) in [5.41, 5.74) is 11.8. The molecule has 0 radical (unpaired) electrons. The van der Waals surface area contributed by atoms with Crippen LogP contribution in [-0.2, 0) is 0 Å². The van der Waals surface area contributed by atoms with Gasteiger partial charge in [0.05, 0.1) is 18.3 Å². The summed E-state index contributed by atoms with van der Waals surface area (Å²) in [6.45, 7) is 10.9. The van der Waals surface area contributed by atoms with Gasteiger partial charge in [-0.15, -0.1) is 0 Å². The molecule has 8 nitrogen and oxygen atoms in total. The van der Waals surface area contributed by atoms with Gasteiger partial charge in [-0.3, -0.25) is 25.9 Å². The zero-order chi connectivity index (χ0) is 34.9. The highest BCUT2D eigenvalue weighted by molar-refractivity contribution is 6.09. The van der Waals surface area contributed by atoms with Crippen molar-refractivity contribution in [2.75, 3.05) is 19.7 Å². The fourth-order valence-electron chi connectivity index (χ4n) is 5.76. The molecule has 0 aromatic carbocycles. The van der Waals surface area contributed by atoms with E-state index in [0.717, 1.165) is 42.5 Å². The fourth-order valence-corrected chi connectivity index (χ4v) is 5.76. The molecule has 0 spiro atoms. The Labute approximate surface area is 288 Å². The van der Waals surface area contributed by atoms with E-state index >= 15 is 0 Å². The van der Waals surface area contributed by atoms with Crippen LogP contribution in [0.25, 0.3) is 0 Å². The number of aliphatic hydroxyl groups is 1. The molecule has 0 heterocycles. The van der Waals surface area contributed by atoms with Crippen LogP contribution in [0.3, 0.4) is 0 Å². The average Bonchev–Trinajstić information content (AvgIpc) is 3.90. The van der Waals surface area contributed by atoms with Crippen molar-refractivity contribution in [3.63, 3.8) is 0 Å². The third kappa shape index (κ3) is 13.6. The number of rotatable bonds is 19. The number of aliphatic hydroxyl groups excluding tert-OH is 1. The maximum absolute atomic E-state index is 14.0. The van der Waals surface area contributed by atoms with Gasteiger partial charge in [0.2, 0.25) is 0 Å². The zero-order valence-corrected chi connectivity index (χ0v) is 29.8.